The van der Waals surface area contributed by atoms with E-state index in [0.29, 0.717) is 30.3 Å². The van der Waals surface area contributed by atoms with Crippen molar-refractivity contribution in [3.05, 3.63) is 47.8 Å². The third-order valence-corrected chi connectivity index (χ3v) is 4.51. The zero-order valence-electron chi connectivity index (χ0n) is 14.7. The second kappa shape index (κ2) is 7.53. The predicted octanol–water partition coefficient (Wildman–Crippen LogP) is 1.43. The Hall–Kier alpha value is -3.29. The topological polar surface area (TPSA) is 102 Å². The van der Waals surface area contributed by atoms with Gasteiger partial charge < -0.3 is 25.4 Å². The van der Waals surface area contributed by atoms with Crippen LogP contribution in [0, 0.1) is 0 Å². The first-order valence-corrected chi connectivity index (χ1v) is 8.86. The van der Waals surface area contributed by atoms with Gasteiger partial charge in [-0.3, -0.25) is 14.6 Å². The molecule has 1 atom stereocenters. The standard InChI is InChI=1S/C19H20N4O4/c24-18-14(2-1-6-21-18)23-13-5-7-20-15(9-13)19(25)22-10-12-3-4-16-17(8-12)27-11-26-16/h3-5,7-9,14H,1-2,6,10-11H2,(H,20,23)(H,21,24)(H,22,25)/t14-/m1/s1. The number of nitrogens with zero attached hydrogens (tertiary/aromatic N) is 1. The first-order chi connectivity index (χ1) is 13.2. The Kier molecular flexibility index (Phi) is 4.78. The Balaban J connectivity index is 1.38. The average molecular weight is 368 g/mol. The van der Waals surface area contributed by atoms with Gasteiger partial charge in [-0.05, 0) is 42.7 Å². The maximum absolute atomic E-state index is 12.4. The maximum atomic E-state index is 12.4. The van der Waals surface area contributed by atoms with Crippen LogP contribution >= 0.6 is 0 Å². The van der Waals surface area contributed by atoms with Crippen LogP contribution in [0.5, 0.6) is 11.5 Å². The van der Waals surface area contributed by atoms with E-state index in [0.717, 1.165) is 18.4 Å². The molecule has 8 nitrogen and oxygen atoms in total. The molecule has 140 valence electrons. The Morgan fingerprint density at radius 1 is 1.22 bits per heavy atom. The summed E-state index contributed by atoms with van der Waals surface area (Å²) in [6.45, 7) is 1.27. The third kappa shape index (κ3) is 3.94. The molecular weight excluding hydrogens is 348 g/mol. The molecule has 2 aliphatic heterocycles. The lowest BCUT2D eigenvalue weighted by Gasteiger charge is -2.23. The molecule has 3 heterocycles. The van der Waals surface area contributed by atoms with Gasteiger partial charge in [0.05, 0.1) is 0 Å². The second-order valence-electron chi connectivity index (χ2n) is 6.43. The number of hydrogen-bond acceptors (Lipinski definition) is 6. The van der Waals surface area contributed by atoms with Gasteiger partial charge in [0.1, 0.15) is 11.7 Å². The minimum absolute atomic E-state index is 0.0214. The van der Waals surface area contributed by atoms with Gasteiger partial charge in [-0.25, -0.2) is 0 Å². The molecule has 0 aliphatic carbocycles. The number of anilines is 1. The minimum Gasteiger partial charge on any atom is -0.454 e. The highest BCUT2D eigenvalue weighted by Gasteiger charge is 2.22. The van der Waals surface area contributed by atoms with Crippen LogP contribution in [0.3, 0.4) is 0 Å². The highest BCUT2D eigenvalue weighted by Crippen LogP contribution is 2.32. The van der Waals surface area contributed by atoms with Crippen molar-refractivity contribution < 1.29 is 19.1 Å². The van der Waals surface area contributed by atoms with E-state index in [1.165, 1.54) is 0 Å². The largest absolute Gasteiger partial charge is 0.454 e. The maximum Gasteiger partial charge on any atom is 0.270 e. The van der Waals surface area contributed by atoms with Gasteiger partial charge in [0.2, 0.25) is 12.7 Å². The first kappa shape index (κ1) is 17.1. The van der Waals surface area contributed by atoms with Crippen LogP contribution in [0.1, 0.15) is 28.9 Å². The molecule has 8 heteroatoms. The lowest BCUT2D eigenvalue weighted by atomic mass is 10.1. The van der Waals surface area contributed by atoms with Crippen LogP contribution in [-0.2, 0) is 11.3 Å². The zero-order valence-corrected chi connectivity index (χ0v) is 14.7. The number of piperidine rings is 1. The number of nitrogens with one attached hydrogen (secondary N) is 3. The summed E-state index contributed by atoms with van der Waals surface area (Å²) in [5.41, 5.74) is 1.89. The van der Waals surface area contributed by atoms with Crippen LogP contribution in [0.25, 0.3) is 0 Å². The quantitative estimate of drug-likeness (QED) is 0.738. The summed E-state index contributed by atoms with van der Waals surface area (Å²) < 4.78 is 10.6. The van der Waals surface area contributed by atoms with E-state index >= 15 is 0 Å². The van der Waals surface area contributed by atoms with E-state index < -0.39 is 0 Å². The van der Waals surface area contributed by atoms with E-state index in [-0.39, 0.29) is 30.3 Å². The fraction of sp³-hybridized carbons (Fsp3) is 0.316. The molecule has 1 aromatic heterocycles. The number of benzene rings is 1. The summed E-state index contributed by atoms with van der Waals surface area (Å²) in [6.07, 6.45) is 3.25. The number of pyridine rings is 1. The second-order valence-corrected chi connectivity index (χ2v) is 6.43. The summed E-state index contributed by atoms with van der Waals surface area (Å²) in [5.74, 6) is 1.07. The number of amides is 2. The van der Waals surface area contributed by atoms with Crippen LogP contribution in [-0.4, -0.2) is 36.2 Å². The monoisotopic (exact) mass is 368 g/mol. The van der Waals surface area contributed by atoms with Crippen molar-refractivity contribution in [2.75, 3.05) is 18.7 Å². The Labute approximate surface area is 156 Å². The van der Waals surface area contributed by atoms with Gasteiger partial charge >= 0.3 is 0 Å². The van der Waals surface area contributed by atoms with Crippen molar-refractivity contribution in [3.63, 3.8) is 0 Å². The molecule has 1 saturated heterocycles. The van der Waals surface area contributed by atoms with E-state index in [1.807, 2.05) is 18.2 Å². The summed E-state index contributed by atoms with van der Waals surface area (Å²) in [6, 6.07) is 8.65. The Morgan fingerprint density at radius 3 is 3.00 bits per heavy atom. The zero-order chi connectivity index (χ0) is 18.6. The predicted molar refractivity (Wildman–Crippen MR) is 97.6 cm³/mol. The molecule has 1 fully saturated rings. The van der Waals surface area contributed by atoms with Gasteiger partial charge in [0, 0.05) is 25.0 Å². The number of carbonyl (C=O) groups is 2. The smallest absolute Gasteiger partial charge is 0.270 e. The van der Waals surface area contributed by atoms with Crippen molar-refractivity contribution in [2.45, 2.75) is 25.4 Å². The van der Waals surface area contributed by atoms with Crippen molar-refractivity contribution in [2.24, 2.45) is 0 Å². The summed E-state index contributed by atoms with van der Waals surface area (Å²) in [4.78, 5) is 28.4. The van der Waals surface area contributed by atoms with E-state index in [1.54, 1.807) is 18.3 Å². The molecule has 0 spiro atoms. The Bertz CT molecular complexity index is 871. The van der Waals surface area contributed by atoms with Crippen LogP contribution in [0.4, 0.5) is 5.69 Å². The number of aromatic nitrogens is 1. The molecule has 0 saturated carbocycles. The first-order valence-electron chi connectivity index (χ1n) is 8.86. The molecule has 2 aromatic rings. The van der Waals surface area contributed by atoms with Gasteiger partial charge in [0.15, 0.2) is 11.5 Å². The van der Waals surface area contributed by atoms with Crippen molar-refractivity contribution in [1.29, 1.82) is 0 Å². The normalized spacial score (nSPS) is 17.9. The lowest BCUT2D eigenvalue weighted by molar-refractivity contribution is -0.123. The van der Waals surface area contributed by atoms with E-state index in [2.05, 4.69) is 20.9 Å². The lowest BCUT2D eigenvalue weighted by Crippen LogP contribution is -2.44. The van der Waals surface area contributed by atoms with Crippen molar-refractivity contribution in [1.82, 2.24) is 15.6 Å². The van der Waals surface area contributed by atoms with E-state index in [4.69, 9.17) is 9.47 Å². The summed E-state index contributed by atoms with van der Waals surface area (Å²) in [7, 11) is 0. The van der Waals surface area contributed by atoms with Crippen LogP contribution in [0.15, 0.2) is 36.5 Å². The van der Waals surface area contributed by atoms with Gasteiger partial charge in [-0.15, -0.1) is 0 Å². The molecule has 0 bridgehead atoms. The molecule has 27 heavy (non-hydrogen) atoms. The molecule has 2 amide bonds. The van der Waals surface area contributed by atoms with E-state index in [9.17, 15) is 9.59 Å². The van der Waals surface area contributed by atoms with Crippen LogP contribution in [0.2, 0.25) is 0 Å². The summed E-state index contributed by atoms with van der Waals surface area (Å²) >= 11 is 0. The molecule has 4 rings (SSSR count). The highest BCUT2D eigenvalue weighted by molar-refractivity contribution is 5.93. The molecular formula is C19H20N4O4. The number of ether oxygens (including phenoxy) is 2. The summed E-state index contributed by atoms with van der Waals surface area (Å²) in [5, 5.41) is 8.84. The fourth-order valence-electron chi connectivity index (χ4n) is 3.08. The van der Waals surface area contributed by atoms with Gasteiger partial charge in [0.25, 0.3) is 5.91 Å². The highest BCUT2D eigenvalue weighted by atomic mass is 16.7. The van der Waals surface area contributed by atoms with Gasteiger partial charge in [-0.2, -0.15) is 0 Å². The molecule has 3 N–H and O–H groups in total. The molecule has 2 aliphatic rings. The minimum atomic E-state index is -0.288. The Morgan fingerprint density at radius 2 is 2.11 bits per heavy atom. The number of carbonyl (C=O) groups excluding carboxylic acids is 2. The number of rotatable bonds is 5. The van der Waals surface area contributed by atoms with Crippen molar-refractivity contribution >= 4 is 17.5 Å². The van der Waals surface area contributed by atoms with Gasteiger partial charge in [-0.1, -0.05) is 6.07 Å². The SMILES string of the molecule is O=C(NCc1ccc2c(c1)OCO2)c1cc(N[C@@H]2CCCNC2=O)ccn1. The number of hydrogen-bond donors (Lipinski definition) is 3. The molecule has 1 aromatic carbocycles. The average Bonchev–Trinajstić information content (AvgIpc) is 3.16. The van der Waals surface area contributed by atoms with Crippen LogP contribution < -0.4 is 25.4 Å². The fourth-order valence-corrected chi connectivity index (χ4v) is 3.08. The number of fused-ring (bicyclic) bond motifs is 1. The molecule has 0 unspecified atom stereocenters. The van der Waals surface area contributed by atoms with Crippen molar-refractivity contribution in [3.8, 4) is 11.5 Å². The third-order valence-electron chi connectivity index (χ3n) is 4.51. The molecule has 0 radical (unpaired) electrons.